The number of aromatic amines is 1. The molecule has 114 valence electrons. The number of H-pyrrole nitrogens is 1. The summed E-state index contributed by atoms with van der Waals surface area (Å²) in [5, 5.41) is 11.7. The molecule has 2 heterocycles. The molecule has 0 bridgehead atoms. The zero-order valence-corrected chi connectivity index (χ0v) is 12.3. The number of aromatic carboxylic acids is 1. The number of carboxylic acid groups (broad SMARTS) is 1. The van der Waals surface area contributed by atoms with Gasteiger partial charge in [-0.15, -0.1) is 0 Å². The summed E-state index contributed by atoms with van der Waals surface area (Å²) < 4.78 is 0. The van der Waals surface area contributed by atoms with E-state index in [0.29, 0.717) is 12.2 Å². The summed E-state index contributed by atoms with van der Waals surface area (Å²) in [6.07, 6.45) is 1.61. The highest BCUT2D eigenvalue weighted by atomic mass is 16.4. The fourth-order valence-corrected chi connectivity index (χ4v) is 2.54. The van der Waals surface area contributed by atoms with Gasteiger partial charge < -0.3 is 20.3 Å². The molecule has 0 aromatic carbocycles. The van der Waals surface area contributed by atoms with Crippen LogP contribution in [0.2, 0.25) is 0 Å². The van der Waals surface area contributed by atoms with Crippen molar-refractivity contribution in [3.05, 3.63) is 17.5 Å². The Labute approximate surface area is 122 Å². The largest absolute Gasteiger partial charge is 0.478 e. The van der Waals surface area contributed by atoms with Crippen LogP contribution in [0.25, 0.3) is 0 Å². The van der Waals surface area contributed by atoms with Gasteiger partial charge in [0, 0.05) is 30.9 Å². The third-order valence-electron chi connectivity index (χ3n) is 3.70. The number of nitrogens with one attached hydrogen (secondary N) is 2. The standard InChI is InChI=1S/C14H19N3O4/c1-7(2)17-6-9(4-11(17)18)13(19)16-10-5-15-8(3)12(10)14(20)21/h5,7,9,15H,4,6H2,1-3H3,(H,16,19)(H,20,21). The van der Waals surface area contributed by atoms with Crippen LogP contribution < -0.4 is 5.32 Å². The van der Waals surface area contributed by atoms with Crippen molar-refractivity contribution in [1.82, 2.24) is 9.88 Å². The van der Waals surface area contributed by atoms with Gasteiger partial charge in [0.2, 0.25) is 11.8 Å². The normalized spacial score (nSPS) is 18.4. The number of hydrogen-bond donors (Lipinski definition) is 3. The van der Waals surface area contributed by atoms with Gasteiger partial charge in [-0.05, 0) is 20.8 Å². The Morgan fingerprint density at radius 2 is 2.14 bits per heavy atom. The number of carboxylic acids is 1. The first kappa shape index (κ1) is 15.1. The second kappa shape index (κ2) is 5.59. The number of anilines is 1. The fourth-order valence-electron chi connectivity index (χ4n) is 2.54. The molecule has 1 unspecified atom stereocenters. The third kappa shape index (κ3) is 2.91. The molecule has 1 fully saturated rings. The summed E-state index contributed by atoms with van der Waals surface area (Å²) in [7, 11) is 0. The Kier molecular flexibility index (Phi) is 4.02. The Balaban J connectivity index is 2.10. The van der Waals surface area contributed by atoms with E-state index >= 15 is 0 Å². The highest BCUT2D eigenvalue weighted by molar-refractivity contribution is 6.03. The second-order valence-corrected chi connectivity index (χ2v) is 5.54. The fraction of sp³-hybridized carbons (Fsp3) is 0.500. The minimum absolute atomic E-state index is 0.0474. The third-order valence-corrected chi connectivity index (χ3v) is 3.70. The van der Waals surface area contributed by atoms with Crippen molar-refractivity contribution in [2.45, 2.75) is 33.2 Å². The van der Waals surface area contributed by atoms with E-state index in [2.05, 4.69) is 10.3 Å². The topological polar surface area (TPSA) is 103 Å². The molecule has 0 spiro atoms. The van der Waals surface area contributed by atoms with E-state index in [1.54, 1.807) is 11.8 Å². The zero-order chi connectivity index (χ0) is 15.7. The average molecular weight is 293 g/mol. The molecule has 7 nitrogen and oxygen atoms in total. The number of rotatable bonds is 4. The van der Waals surface area contributed by atoms with E-state index in [-0.39, 0.29) is 35.5 Å². The van der Waals surface area contributed by atoms with Crippen LogP contribution in [0.15, 0.2) is 6.20 Å². The van der Waals surface area contributed by atoms with Gasteiger partial charge in [0.25, 0.3) is 0 Å². The predicted octanol–water partition coefficient (Wildman–Crippen LogP) is 1.22. The summed E-state index contributed by atoms with van der Waals surface area (Å²) >= 11 is 0. The number of amides is 2. The number of hydrogen-bond acceptors (Lipinski definition) is 3. The summed E-state index contributed by atoms with van der Waals surface area (Å²) in [5.74, 6) is -1.92. The van der Waals surface area contributed by atoms with Crippen molar-refractivity contribution < 1.29 is 19.5 Å². The van der Waals surface area contributed by atoms with E-state index in [0.717, 1.165) is 0 Å². The van der Waals surface area contributed by atoms with Crippen molar-refractivity contribution in [3.63, 3.8) is 0 Å². The maximum Gasteiger partial charge on any atom is 0.339 e. The number of aryl methyl sites for hydroxylation is 1. The number of aromatic nitrogens is 1. The number of carbonyl (C=O) groups excluding carboxylic acids is 2. The lowest BCUT2D eigenvalue weighted by Gasteiger charge is -2.20. The molecule has 0 saturated carbocycles. The molecule has 1 aromatic rings. The first-order valence-corrected chi connectivity index (χ1v) is 6.82. The molecular formula is C14H19N3O4. The molecule has 1 aliphatic rings. The molecule has 3 N–H and O–H groups in total. The van der Waals surface area contributed by atoms with Crippen LogP contribution in [0.3, 0.4) is 0 Å². The average Bonchev–Trinajstić information content (AvgIpc) is 2.93. The maximum absolute atomic E-state index is 12.2. The maximum atomic E-state index is 12.2. The van der Waals surface area contributed by atoms with Crippen molar-refractivity contribution in [1.29, 1.82) is 0 Å². The molecule has 1 saturated heterocycles. The van der Waals surface area contributed by atoms with Crippen LogP contribution in [0.1, 0.15) is 36.3 Å². The Hall–Kier alpha value is -2.31. The highest BCUT2D eigenvalue weighted by Gasteiger charge is 2.35. The molecule has 0 radical (unpaired) electrons. The molecule has 0 aliphatic carbocycles. The predicted molar refractivity (Wildman–Crippen MR) is 76.1 cm³/mol. The first-order valence-electron chi connectivity index (χ1n) is 6.82. The Morgan fingerprint density at radius 1 is 1.48 bits per heavy atom. The lowest BCUT2D eigenvalue weighted by Crippen LogP contribution is -2.33. The van der Waals surface area contributed by atoms with Gasteiger partial charge >= 0.3 is 5.97 Å². The lowest BCUT2D eigenvalue weighted by molar-refractivity contribution is -0.129. The number of carbonyl (C=O) groups is 3. The van der Waals surface area contributed by atoms with Crippen molar-refractivity contribution in [3.8, 4) is 0 Å². The van der Waals surface area contributed by atoms with Gasteiger partial charge in [-0.3, -0.25) is 9.59 Å². The van der Waals surface area contributed by atoms with Crippen molar-refractivity contribution in [2.24, 2.45) is 5.92 Å². The molecule has 7 heteroatoms. The van der Waals surface area contributed by atoms with Crippen LogP contribution in [0, 0.1) is 12.8 Å². The molecule has 1 atom stereocenters. The molecule has 2 amide bonds. The van der Waals surface area contributed by atoms with E-state index in [1.165, 1.54) is 6.20 Å². The van der Waals surface area contributed by atoms with E-state index in [9.17, 15) is 14.4 Å². The van der Waals surface area contributed by atoms with E-state index in [4.69, 9.17) is 5.11 Å². The van der Waals surface area contributed by atoms with Gasteiger partial charge in [-0.1, -0.05) is 0 Å². The highest BCUT2D eigenvalue weighted by Crippen LogP contribution is 2.24. The van der Waals surface area contributed by atoms with Crippen LogP contribution in [-0.2, 0) is 9.59 Å². The number of likely N-dealkylation sites (tertiary alicyclic amines) is 1. The summed E-state index contributed by atoms with van der Waals surface area (Å²) in [6, 6.07) is 0.0550. The quantitative estimate of drug-likeness (QED) is 0.776. The summed E-state index contributed by atoms with van der Waals surface area (Å²) in [4.78, 5) is 39.6. The second-order valence-electron chi connectivity index (χ2n) is 5.54. The molecule has 1 aliphatic heterocycles. The number of nitrogens with zero attached hydrogens (tertiary/aromatic N) is 1. The zero-order valence-electron chi connectivity index (χ0n) is 12.3. The van der Waals surface area contributed by atoms with Gasteiger partial charge in [-0.25, -0.2) is 4.79 Å². The van der Waals surface area contributed by atoms with E-state index in [1.807, 2.05) is 13.8 Å². The van der Waals surface area contributed by atoms with Crippen LogP contribution in [0.5, 0.6) is 0 Å². The van der Waals surface area contributed by atoms with Gasteiger partial charge in [0.1, 0.15) is 5.56 Å². The SMILES string of the molecule is Cc1[nH]cc(NC(=O)C2CC(=O)N(C(C)C)C2)c1C(=O)O. The summed E-state index contributed by atoms with van der Waals surface area (Å²) in [5.41, 5.74) is 0.762. The van der Waals surface area contributed by atoms with Gasteiger partial charge in [0.05, 0.1) is 11.6 Å². The van der Waals surface area contributed by atoms with E-state index < -0.39 is 11.9 Å². The van der Waals surface area contributed by atoms with Gasteiger partial charge in [-0.2, -0.15) is 0 Å². The lowest BCUT2D eigenvalue weighted by atomic mass is 10.1. The van der Waals surface area contributed by atoms with Crippen LogP contribution in [0.4, 0.5) is 5.69 Å². The molecule has 1 aromatic heterocycles. The van der Waals surface area contributed by atoms with Crippen LogP contribution >= 0.6 is 0 Å². The van der Waals surface area contributed by atoms with Crippen molar-refractivity contribution >= 4 is 23.5 Å². The smallest absolute Gasteiger partial charge is 0.339 e. The molecule has 2 rings (SSSR count). The van der Waals surface area contributed by atoms with Crippen LogP contribution in [-0.4, -0.2) is 45.4 Å². The van der Waals surface area contributed by atoms with Gasteiger partial charge in [0.15, 0.2) is 0 Å². The summed E-state index contributed by atoms with van der Waals surface area (Å²) in [6.45, 7) is 5.79. The molecular weight excluding hydrogens is 274 g/mol. The minimum atomic E-state index is -1.10. The Morgan fingerprint density at radius 3 is 2.67 bits per heavy atom. The Bertz CT molecular complexity index is 591. The van der Waals surface area contributed by atoms with Crippen molar-refractivity contribution in [2.75, 3.05) is 11.9 Å². The molecule has 21 heavy (non-hydrogen) atoms. The monoisotopic (exact) mass is 293 g/mol. The minimum Gasteiger partial charge on any atom is -0.478 e. The first-order chi connectivity index (χ1) is 9.81.